The lowest BCUT2D eigenvalue weighted by Gasteiger charge is -2.36. The van der Waals surface area contributed by atoms with Crippen LogP contribution in [0.2, 0.25) is 0 Å². The SMILES string of the molecule is COc1cc(OC)cc(C(=O)NCCC(=O)N2CCN(c3ccc(F)cc3)CC2)c1. The molecular weight excluding hydrogens is 389 g/mol. The summed E-state index contributed by atoms with van der Waals surface area (Å²) in [6.45, 7) is 2.81. The Hall–Kier alpha value is -3.29. The molecule has 0 aromatic heterocycles. The van der Waals surface area contributed by atoms with E-state index in [1.165, 1.54) is 26.4 Å². The molecule has 0 unspecified atom stereocenters. The van der Waals surface area contributed by atoms with Crippen molar-refractivity contribution in [3.8, 4) is 11.5 Å². The van der Waals surface area contributed by atoms with Crippen LogP contribution in [0, 0.1) is 5.82 Å². The minimum atomic E-state index is -0.291. The van der Waals surface area contributed by atoms with Crippen LogP contribution in [-0.2, 0) is 4.79 Å². The lowest BCUT2D eigenvalue weighted by atomic mass is 10.2. The number of nitrogens with zero attached hydrogens (tertiary/aromatic N) is 2. The monoisotopic (exact) mass is 415 g/mol. The molecule has 0 atom stereocenters. The third kappa shape index (κ3) is 5.40. The van der Waals surface area contributed by atoms with Crippen LogP contribution in [0.1, 0.15) is 16.8 Å². The maximum absolute atomic E-state index is 13.1. The topological polar surface area (TPSA) is 71.1 Å². The number of ether oxygens (including phenoxy) is 2. The van der Waals surface area contributed by atoms with E-state index in [0.29, 0.717) is 43.2 Å². The van der Waals surface area contributed by atoms with Gasteiger partial charge in [-0.05, 0) is 36.4 Å². The van der Waals surface area contributed by atoms with Crippen molar-refractivity contribution in [1.29, 1.82) is 0 Å². The van der Waals surface area contributed by atoms with Gasteiger partial charge in [-0.1, -0.05) is 0 Å². The fourth-order valence-corrected chi connectivity index (χ4v) is 3.35. The molecule has 2 aromatic carbocycles. The van der Waals surface area contributed by atoms with Crippen LogP contribution < -0.4 is 19.7 Å². The van der Waals surface area contributed by atoms with Crippen LogP contribution in [0.25, 0.3) is 0 Å². The van der Waals surface area contributed by atoms with Crippen molar-refractivity contribution in [1.82, 2.24) is 10.2 Å². The molecule has 1 aliphatic rings. The zero-order valence-electron chi connectivity index (χ0n) is 17.2. The van der Waals surface area contributed by atoms with Crippen molar-refractivity contribution < 1.29 is 23.5 Å². The molecule has 1 fully saturated rings. The Kier molecular flexibility index (Phi) is 7.11. The van der Waals surface area contributed by atoms with Gasteiger partial charge in [0.15, 0.2) is 0 Å². The highest BCUT2D eigenvalue weighted by Crippen LogP contribution is 2.22. The number of piperazine rings is 1. The third-order valence-electron chi connectivity index (χ3n) is 5.06. The number of halogens is 1. The molecule has 2 amide bonds. The molecule has 7 nitrogen and oxygen atoms in total. The maximum atomic E-state index is 13.1. The first-order valence-electron chi connectivity index (χ1n) is 9.79. The molecule has 1 N–H and O–H groups in total. The number of benzene rings is 2. The summed E-state index contributed by atoms with van der Waals surface area (Å²) in [5.41, 5.74) is 1.36. The molecular formula is C22H26FN3O4. The number of amides is 2. The molecule has 0 saturated carbocycles. The number of hydrogen-bond acceptors (Lipinski definition) is 5. The van der Waals surface area contributed by atoms with Gasteiger partial charge < -0.3 is 24.6 Å². The summed E-state index contributed by atoms with van der Waals surface area (Å²) in [4.78, 5) is 28.8. The van der Waals surface area contributed by atoms with Crippen LogP contribution in [-0.4, -0.2) is 63.7 Å². The molecule has 160 valence electrons. The zero-order valence-corrected chi connectivity index (χ0v) is 17.2. The highest BCUT2D eigenvalue weighted by atomic mass is 19.1. The highest BCUT2D eigenvalue weighted by molar-refractivity contribution is 5.95. The summed E-state index contributed by atoms with van der Waals surface area (Å²) in [6.07, 6.45) is 0.226. The normalized spacial score (nSPS) is 13.7. The molecule has 0 radical (unpaired) electrons. The van der Waals surface area contributed by atoms with Crippen molar-refractivity contribution in [2.75, 3.05) is 51.8 Å². The Morgan fingerprint density at radius 3 is 2.13 bits per heavy atom. The standard InChI is InChI=1S/C22H26FN3O4/c1-29-19-13-16(14-20(15-19)30-2)22(28)24-8-7-21(27)26-11-9-25(10-12-26)18-5-3-17(23)4-6-18/h3-6,13-15H,7-12H2,1-2H3,(H,24,28). The molecule has 0 bridgehead atoms. The van der Waals surface area contributed by atoms with Gasteiger partial charge in [-0.25, -0.2) is 4.39 Å². The second-order valence-electron chi connectivity index (χ2n) is 6.95. The smallest absolute Gasteiger partial charge is 0.251 e. The van der Waals surface area contributed by atoms with Gasteiger partial charge in [-0.2, -0.15) is 0 Å². The Morgan fingerprint density at radius 1 is 0.967 bits per heavy atom. The van der Waals surface area contributed by atoms with Crippen molar-refractivity contribution in [2.24, 2.45) is 0 Å². The average molecular weight is 415 g/mol. The van der Waals surface area contributed by atoms with E-state index in [-0.39, 0.29) is 30.6 Å². The van der Waals surface area contributed by atoms with Crippen molar-refractivity contribution in [3.05, 3.63) is 53.8 Å². The van der Waals surface area contributed by atoms with Gasteiger partial charge in [-0.3, -0.25) is 9.59 Å². The van der Waals surface area contributed by atoms with Crippen LogP contribution in [0.15, 0.2) is 42.5 Å². The molecule has 0 spiro atoms. The molecule has 2 aromatic rings. The number of carbonyl (C=O) groups is 2. The summed E-state index contributed by atoms with van der Waals surface area (Å²) in [7, 11) is 3.04. The number of nitrogens with one attached hydrogen (secondary N) is 1. The molecule has 0 aliphatic carbocycles. The van der Waals surface area contributed by atoms with Gasteiger partial charge in [0.25, 0.3) is 5.91 Å². The van der Waals surface area contributed by atoms with Gasteiger partial charge in [0.2, 0.25) is 5.91 Å². The van der Waals surface area contributed by atoms with Crippen molar-refractivity contribution in [3.63, 3.8) is 0 Å². The summed E-state index contributed by atoms with van der Waals surface area (Å²) in [5, 5.41) is 2.77. The van der Waals surface area contributed by atoms with Crippen LogP contribution >= 0.6 is 0 Å². The Labute approximate surface area is 175 Å². The van der Waals surface area contributed by atoms with Gasteiger partial charge in [0.05, 0.1) is 14.2 Å². The second-order valence-corrected chi connectivity index (χ2v) is 6.95. The van der Waals surface area contributed by atoms with Gasteiger partial charge >= 0.3 is 0 Å². The highest BCUT2D eigenvalue weighted by Gasteiger charge is 2.21. The van der Waals surface area contributed by atoms with E-state index in [1.807, 2.05) is 0 Å². The van der Waals surface area contributed by atoms with Crippen molar-refractivity contribution in [2.45, 2.75) is 6.42 Å². The lowest BCUT2D eigenvalue weighted by Crippen LogP contribution is -2.49. The Bertz CT molecular complexity index is 858. The number of carbonyl (C=O) groups excluding carboxylic acids is 2. The number of hydrogen-bond donors (Lipinski definition) is 1. The maximum Gasteiger partial charge on any atom is 0.251 e. The minimum Gasteiger partial charge on any atom is -0.497 e. The molecule has 1 heterocycles. The Morgan fingerprint density at radius 2 is 1.57 bits per heavy atom. The zero-order chi connectivity index (χ0) is 21.5. The van der Waals surface area contributed by atoms with Crippen LogP contribution in [0.3, 0.4) is 0 Å². The Balaban J connectivity index is 1.45. The van der Waals surface area contributed by atoms with Gasteiger partial charge in [0.1, 0.15) is 17.3 Å². The van der Waals surface area contributed by atoms with Crippen molar-refractivity contribution >= 4 is 17.5 Å². The molecule has 1 saturated heterocycles. The van der Waals surface area contributed by atoms with Crippen LogP contribution in [0.5, 0.6) is 11.5 Å². The fourth-order valence-electron chi connectivity index (χ4n) is 3.35. The predicted octanol–water partition coefficient (Wildman–Crippen LogP) is 2.31. The van der Waals surface area contributed by atoms with Crippen LogP contribution in [0.4, 0.5) is 10.1 Å². The van der Waals surface area contributed by atoms with E-state index in [0.717, 1.165) is 5.69 Å². The quantitative estimate of drug-likeness (QED) is 0.752. The number of rotatable bonds is 7. The fraction of sp³-hybridized carbons (Fsp3) is 0.364. The molecule has 1 aliphatic heterocycles. The van der Waals surface area contributed by atoms with E-state index in [1.54, 1.807) is 35.2 Å². The number of anilines is 1. The van der Waals surface area contributed by atoms with E-state index in [2.05, 4.69) is 10.2 Å². The lowest BCUT2D eigenvalue weighted by molar-refractivity contribution is -0.131. The summed E-state index contributed by atoms with van der Waals surface area (Å²) in [5.74, 6) is 0.490. The third-order valence-corrected chi connectivity index (χ3v) is 5.06. The van der Waals surface area contributed by atoms with Gasteiger partial charge in [0, 0.05) is 56.5 Å². The first-order valence-corrected chi connectivity index (χ1v) is 9.79. The first kappa shape index (κ1) is 21.4. The molecule has 8 heteroatoms. The summed E-state index contributed by atoms with van der Waals surface area (Å²) < 4.78 is 23.4. The largest absolute Gasteiger partial charge is 0.497 e. The predicted molar refractivity (Wildman–Crippen MR) is 112 cm³/mol. The molecule has 3 rings (SSSR count). The summed E-state index contributed by atoms with van der Waals surface area (Å²) in [6, 6.07) is 11.3. The van der Waals surface area contributed by atoms with E-state index >= 15 is 0 Å². The summed E-state index contributed by atoms with van der Waals surface area (Å²) >= 11 is 0. The van der Waals surface area contributed by atoms with E-state index < -0.39 is 0 Å². The number of methoxy groups -OCH3 is 2. The molecule has 30 heavy (non-hydrogen) atoms. The minimum absolute atomic E-state index is 0.00252. The van der Waals surface area contributed by atoms with E-state index in [4.69, 9.17) is 9.47 Å². The van der Waals surface area contributed by atoms with Gasteiger partial charge in [-0.15, -0.1) is 0 Å². The first-order chi connectivity index (χ1) is 14.5. The average Bonchev–Trinajstić information content (AvgIpc) is 2.79. The van der Waals surface area contributed by atoms with E-state index in [9.17, 15) is 14.0 Å². The second kappa shape index (κ2) is 9.96.